The number of ether oxygens (including phenoxy) is 1. The standard InChI is InChI=1S/C16H17FN2O2/c1-2-19-16(20)12-5-8-14(18)15(9-12)21-10-11-3-6-13(17)7-4-11/h3-9H,2,10,18H2,1H3,(H,19,20). The van der Waals surface area contributed by atoms with Crippen molar-refractivity contribution in [1.29, 1.82) is 0 Å². The summed E-state index contributed by atoms with van der Waals surface area (Å²) in [4.78, 5) is 11.8. The molecule has 0 aliphatic carbocycles. The van der Waals surface area contributed by atoms with Crippen LogP contribution in [0.5, 0.6) is 5.75 Å². The minimum atomic E-state index is -0.295. The summed E-state index contributed by atoms with van der Waals surface area (Å²) in [5.41, 5.74) is 7.59. The number of anilines is 1. The zero-order chi connectivity index (χ0) is 15.2. The van der Waals surface area contributed by atoms with Gasteiger partial charge in [0.25, 0.3) is 5.91 Å². The van der Waals surface area contributed by atoms with Gasteiger partial charge in [0.2, 0.25) is 0 Å². The molecule has 1 amide bonds. The molecule has 21 heavy (non-hydrogen) atoms. The van der Waals surface area contributed by atoms with Crippen molar-refractivity contribution < 1.29 is 13.9 Å². The fraction of sp³-hybridized carbons (Fsp3) is 0.188. The average Bonchev–Trinajstić information content (AvgIpc) is 2.48. The summed E-state index contributed by atoms with van der Waals surface area (Å²) in [5.74, 6) is -0.0382. The number of nitrogens with one attached hydrogen (secondary N) is 1. The summed E-state index contributed by atoms with van der Waals surface area (Å²) >= 11 is 0. The van der Waals surface area contributed by atoms with Gasteiger partial charge in [0.1, 0.15) is 18.2 Å². The highest BCUT2D eigenvalue weighted by molar-refractivity contribution is 5.95. The largest absolute Gasteiger partial charge is 0.487 e. The fourth-order valence-electron chi connectivity index (χ4n) is 1.80. The molecule has 0 spiro atoms. The van der Waals surface area contributed by atoms with E-state index in [0.717, 1.165) is 5.56 Å². The molecule has 0 heterocycles. The van der Waals surface area contributed by atoms with Crippen LogP contribution in [0, 0.1) is 5.82 Å². The molecule has 0 aliphatic heterocycles. The van der Waals surface area contributed by atoms with E-state index in [9.17, 15) is 9.18 Å². The monoisotopic (exact) mass is 288 g/mol. The van der Waals surface area contributed by atoms with Crippen LogP contribution < -0.4 is 15.8 Å². The Bertz CT molecular complexity index is 627. The molecule has 2 aromatic carbocycles. The molecule has 4 nitrogen and oxygen atoms in total. The Hall–Kier alpha value is -2.56. The molecule has 5 heteroatoms. The second-order valence-electron chi connectivity index (χ2n) is 4.53. The van der Waals surface area contributed by atoms with Crippen LogP contribution >= 0.6 is 0 Å². The Balaban J connectivity index is 2.10. The molecular weight excluding hydrogens is 271 g/mol. The first kappa shape index (κ1) is 14.8. The van der Waals surface area contributed by atoms with Gasteiger partial charge in [0, 0.05) is 12.1 Å². The molecule has 0 fully saturated rings. The lowest BCUT2D eigenvalue weighted by Crippen LogP contribution is -2.22. The number of halogens is 1. The van der Waals surface area contributed by atoms with Crippen LogP contribution in [-0.4, -0.2) is 12.5 Å². The smallest absolute Gasteiger partial charge is 0.251 e. The van der Waals surface area contributed by atoms with Crippen molar-refractivity contribution in [2.45, 2.75) is 13.5 Å². The Morgan fingerprint density at radius 3 is 2.62 bits per heavy atom. The van der Waals surface area contributed by atoms with Gasteiger partial charge < -0.3 is 15.8 Å². The fourth-order valence-corrected chi connectivity index (χ4v) is 1.80. The van der Waals surface area contributed by atoms with E-state index in [0.29, 0.717) is 23.5 Å². The molecule has 0 unspecified atom stereocenters. The summed E-state index contributed by atoms with van der Waals surface area (Å²) in [5, 5.41) is 2.71. The first-order chi connectivity index (χ1) is 10.1. The Morgan fingerprint density at radius 1 is 1.24 bits per heavy atom. The number of carbonyl (C=O) groups excluding carboxylic acids is 1. The van der Waals surface area contributed by atoms with E-state index in [1.54, 1.807) is 30.3 Å². The molecule has 2 rings (SSSR count). The first-order valence-electron chi connectivity index (χ1n) is 6.65. The van der Waals surface area contributed by atoms with E-state index in [4.69, 9.17) is 10.5 Å². The van der Waals surface area contributed by atoms with E-state index < -0.39 is 0 Å². The van der Waals surface area contributed by atoms with Gasteiger partial charge in [0.15, 0.2) is 0 Å². The lowest BCUT2D eigenvalue weighted by atomic mass is 10.1. The minimum absolute atomic E-state index is 0.177. The number of nitrogens with two attached hydrogens (primary N) is 1. The van der Waals surface area contributed by atoms with Gasteiger partial charge in [0.05, 0.1) is 5.69 Å². The predicted molar refractivity (Wildman–Crippen MR) is 79.6 cm³/mol. The second kappa shape index (κ2) is 6.74. The molecular formula is C16H17FN2O2. The van der Waals surface area contributed by atoms with Crippen molar-refractivity contribution in [3.63, 3.8) is 0 Å². The Labute approximate surface area is 122 Å². The summed E-state index contributed by atoms with van der Waals surface area (Å²) in [6, 6.07) is 10.9. The second-order valence-corrected chi connectivity index (χ2v) is 4.53. The minimum Gasteiger partial charge on any atom is -0.487 e. The van der Waals surface area contributed by atoms with Crippen LogP contribution in [0.3, 0.4) is 0 Å². The maximum Gasteiger partial charge on any atom is 0.251 e. The summed E-state index contributed by atoms with van der Waals surface area (Å²) in [7, 11) is 0. The van der Waals surface area contributed by atoms with Crippen LogP contribution in [0.2, 0.25) is 0 Å². The van der Waals surface area contributed by atoms with Crippen molar-refractivity contribution in [3.8, 4) is 5.75 Å². The van der Waals surface area contributed by atoms with E-state index in [-0.39, 0.29) is 18.3 Å². The topological polar surface area (TPSA) is 64.4 Å². The number of rotatable bonds is 5. The number of hydrogen-bond donors (Lipinski definition) is 2. The van der Waals surface area contributed by atoms with E-state index in [1.807, 2.05) is 6.92 Å². The number of amides is 1. The first-order valence-corrected chi connectivity index (χ1v) is 6.65. The number of benzene rings is 2. The lowest BCUT2D eigenvalue weighted by Gasteiger charge is -2.11. The van der Waals surface area contributed by atoms with Gasteiger partial charge in [-0.1, -0.05) is 12.1 Å². The maximum atomic E-state index is 12.8. The molecule has 0 aliphatic rings. The number of carbonyl (C=O) groups is 1. The molecule has 0 bridgehead atoms. The maximum absolute atomic E-state index is 12.8. The van der Waals surface area contributed by atoms with Crippen molar-refractivity contribution in [2.24, 2.45) is 0 Å². The van der Waals surface area contributed by atoms with Crippen LogP contribution in [0.1, 0.15) is 22.8 Å². The third-order valence-electron chi connectivity index (χ3n) is 2.92. The highest BCUT2D eigenvalue weighted by atomic mass is 19.1. The quantitative estimate of drug-likeness (QED) is 0.831. The molecule has 0 saturated heterocycles. The summed E-state index contributed by atoms with van der Waals surface area (Å²) in [6.07, 6.45) is 0. The Kier molecular flexibility index (Phi) is 4.77. The Morgan fingerprint density at radius 2 is 1.95 bits per heavy atom. The van der Waals surface area contributed by atoms with E-state index >= 15 is 0 Å². The SMILES string of the molecule is CCNC(=O)c1ccc(N)c(OCc2ccc(F)cc2)c1. The number of hydrogen-bond acceptors (Lipinski definition) is 3. The van der Waals surface area contributed by atoms with Crippen LogP contribution in [-0.2, 0) is 6.61 Å². The van der Waals surface area contributed by atoms with E-state index in [1.165, 1.54) is 12.1 Å². The molecule has 0 atom stereocenters. The average molecular weight is 288 g/mol. The normalized spacial score (nSPS) is 10.2. The molecule has 0 radical (unpaired) electrons. The summed E-state index contributed by atoms with van der Waals surface area (Å²) < 4.78 is 18.4. The molecule has 3 N–H and O–H groups in total. The molecule has 0 aromatic heterocycles. The van der Waals surface area contributed by atoms with E-state index in [2.05, 4.69) is 5.32 Å². The van der Waals surface area contributed by atoms with Gasteiger partial charge in [-0.2, -0.15) is 0 Å². The zero-order valence-corrected chi connectivity index (χ0v) is 11.7. The van der Waals surface area contributed by atoms with Crippen molar-refractivity contribution >= 4 is 11.6 Å². The van der Waals surface area contributed by atoms with Crippen molar-refractivity contribution in [2.75, 3.05) is 12.3 Å². The molecule has 110 valence electrons. The van der Waals surface area contributed by atoms with Crippen molar-refractivity contribution in [3.05, 3.63) is 59.4 Å². The highest BCUT2D eigenvalue weighted by Crippen LogP contribution is 2.24. The van der Waals surface area contributed by atoms with Gasteiger partial charge in [-0.15, -0.1) is 0 Å². The summed E-state index contributed by atoms with van der Waals surface area (Å²) in [6.45, 7) is 2.65. The lowest BCUT2D eigenvalue weighted by molar-refractivity contribution is 0.0955. The van der Waals surface area contributed by atoms with Gasteiger partial charge in [-0.25, -0.2) is 4.39 Å². The van der Waals surface area contributed by atoms with Crippen molar-refractivity contribution in [1.82, 2.24) is 5.32 Å². The van der Waals surface area contributed by atoms with Crippen LogP contribution in [0.4, 0.5) is 10.1 Å². The van der Waals surface area contributed by atoms with Gasteiger partial charge in [-0.3, -0.25) is 4.79 Å². The number of nitrogen functional groups attached to an aromatic ring is 1. The third kappa shape index (κ3) is 3.95. The predicted octanol–water partition coefficient (Wildman–Crippen LogP) is 2.74. The van der Waals surface area contributed by atoms with Gasteiger partial charge >= 0.3 is 0 Å². The van der Waals surface area contributed by atoms with Gasteiger partial charge in [-0.05, 0) is 42.8 Å². The highest BCUT2D eigenvalue weighted by Gasteiger charge is 2.08. The third-order valence-corrected chi connectivity index (χ3v) is 2.92. The zero-order valence-electron chi connectivity index (χ0n) is 11.7. The van der Waals surface area contributed by atoms with Crippen LogP contribution in [0.15, 0.2) is 42.5 Å². The van der Waals surface area contributed by atoms with Crippen LogP contribution in [0.25, 0.3) is 0 Å². The molecule has 0 saturated carbocycles. The molecule has 2 aromatic rings.